The van der Waals surface area contributed by atoms with E-state index in [1.54, 1.807) is 0 Å². The molecule has 2 bridgehead atoms. The highest BCUT2D eigenvalue weighted by Crippen LogP contribution is 2.53. The highest BCUT2D eigenvalue weighted by molar-refractivity contribution is 8.77. The maximum Gasteiger partial charge on any atom is 0.0478 e. The molecule has 2 rings (SSSR count). The van der Waals surface area contributed by atoms with Crippen LogP contribution >= 0.6 is 44.8 Å². The SMILES string of the molecule is Cl[C@@H]1C[C@H](Cl)[C@@H]2C[C@H]1SS2. The Balaban J connectivity index is 2.09. The normalized spacial score (nSPS) is 53.4. The number of hydrogen-bond acceptors (Lipinski definition) is 2. The zero-order valence-electron chi connectivity index (χ0n) is 5.30. The van der Waals surface area contributed by atoms with Crippen LogP contribution in [0.5, 0.6) is 0 Å². The summed E-state index contributed by atoms with van der Waals surface area (Å²) in [6, 6.07) is 0. The molecule has 0 radical (unpaired) electrons. The molecule has 0 amide bonds. The van der Waals surface area contributed by atoms with Gasteiger partial charge in [-0.1, -0.05) is 21.6 Å². The molecule has 1 saturated carbocycles. The molecule has 0 aromatic heterocycles. The highest BCUT2D eigenvalue weighted by atomic mass is 35.5. The Hall–Kier alpha value is 1.28. The molecule has 10 heavy (non-hydrogen) atoms. The van der Waals surface area contributed by atoms with E-state index in [1.165, 1.54) is 6.42 Å². The van der Waals surface area contributed by atoms with Gasteiger partial charge in [0.2, 0.25) is 0 Å². The minimum absolute atomic E-state index is 0.318. The van der Waals surface area contributed by atoms with Gasteiger partial charge in [-0.3, -0.25) is 0 Å². The third-order valence-corrected chi connectivity index (χ3v) is 6.75. The minimum atomic E-state index is 0.318. The lowest BCUT2D eigenvalue weighted by Crippen LogP contribution is -2.31. The molecule has 1 aliphatic carbocycles. The lowest BCUT2D eigenvalue weighted by atomic mass is 9.98. The van der Waals surface area contributed by atoms with Crippen molar-refractivity contribution in [3.63, 3.8) is 0 Å². The molecule has 0 aromatic carbocycles. The third-order valence-electron chi connectivity index (χ3n) is 2.02. The molecule has 0 spiro atoms. The Morgan fingerprint density at radius 1 is 0.900 bits per heavy atom. The summed E-state index contributed by atoms with van der Waals surface area (Å²) in [4.78, 5) is 0. The molecule has 4 heteroatoms. The summed E-state index contributed by atoms with van der Waals surface area (Å²) >= 11 is 12.2. The summed E-state index contributed by atoms with van der Waals surface area (Å²) in [5, 5.41) is 1.98. The zero-order valence-corrected chi connectivity index (χ0v) is 8.44. The Morgan fingerprint density at radius 3 is 1.90 bits per heavy atom. The van der Waals surface area contributed by atoms with Crippen LogP contribution in [-0.4, -0.2) is 21.3 Å². The summed E-state index contributed by atoms with van der Waals surface area (Å²) in [5.74, 6) is 0. The van der Waals surface area contributed by atoms with E-state index in [4.69, 9.17) is 23.2 Å². The van der Waals surface area contributed by atoms with Crippen molar-refractivity contribution < 1.29 is 0 Å². The number of rotatable bonds is 0. The Labute approximate surface area is 78.8 Å². The van der Waals surface area contributed by atoms with E-state index < -0.39 is 0 Å². The van der Waals surface area contributed by atoms with Crippen LogP contribution < -0.4 is 0 Å². The maximum atomic E-state index is 6.09. The first-order chi connectivity index (χ1) is 4.77. The van der Waals surface area contributed by atoms with Gasteiger partial charge >= 0.3 is 0 Å². The van der Waals surface area contributed by atoms with Crippen molar-refractivity contribution in [1.29, 1.82) is 0 Å². The summed E-state index contributed by atoms with van der Waals surface area (Å²) < 4.78 is 0. The van der Waals surface area contributed by atoms with Gasteiger partial charge in [-0.05, 0) is 12.8 Å². The van der Waals surface area contributed by atoms with Crippen molar-refractivity contribution >= 4 is 44.8 Å². The second-order valence-electron chi connectivity index (χ2n) is 2.77. The molecular weight excluding hydrogens is 207 g/mol. The molecule has 0 aromatic rings. The second kappa shape index (κ2) is 2.96. The number of halogens is 2. The van der Waals surface area contributed by atoms with E-state index in [2.05, 4.69) is 0 Å². The van der Waals surface area contributed by atoms with Gasteiger partial charge in [-0.25, -0.2) is 0 Å². The van der Waals surface area contributed by atoms with Crippen LogP contribution in [0.4, 0.5) is 0 Å². The quantitative estimate of drug-likeness (QED) is 0.449. The monoisotopic (exact) mass is 214 g/mol. The first-order valence-corrected chi connectivity index (χ1v) is 6.52. The molecule has 1 saturated heterocycles. The molecule has 2 fully saturated rings. The van der Waals surface area contributed by atoms with E-state index in [-0.39, 0.29) is 0 Å². The Kier molecular flexibility index (Phi) is 2.34. The molecule has 0 nitrogen and oxygen atoms in total. The molecule has 1 aliphatic heterocycles. The first-order valence-electron chi connectivity index (χ1n) is 3.37. The minimum Gasteiger partial charge on any atom is -0.122 e. The van der Waals surface area contributed by atoms with Gasteiger partial charge in [-0.15, -0.1) is 23.2 Å². The number of alkyl halides is 2. The molecular formula is C6H8Cl2S2. The lowest BCUT2D eigenvalue weighted by molar-refractivity contribution is 0.551. The first kappa shape index (κ1) is 7.90. The van der Waals surface area contributed by atoms with Gasteiger partial charge in [-0.2, -0.15) is 0 Å². The fraction of sp³-hybridized carbons (Fsp3) is 1.00. The fourth-order valence-electron chi connectivity index (χ4n) is 1.38. The highest BCUT2D eigenvalue weighted by Gasteiger charge is 2.41. The van der Waals surface area contributed by atoms with Crippen LogP contribution in [0.2, 0.25) is 0 Å². The van der Waals surface area contributed by atoms with E-state index in [9.17, 15) is 0 Å². The summed E-state index contributed by atoms with van der Waals surface area (Å²) in [7, 11) is 3.85. The van der Waals surface area contributed by atoms with Crippen molar-refractivity contribution in [3.8, 4) is 0 Å². The largest absolute Gasteiger partial charge is 0.122 e. The maximum absolute atomic E-state index is 6.09. The van der Waals surface area contributed by atoms with E-state index in [0.717, 1.165) is 6.42 Å². The van der Waals surface area contributed by atoms with Gasteiger partial charge in [0.15, 0.2) is 0 Å². The molecule has 2 aliphatic rings. The van der Waals surface area contributed by atoms with Gasteiger partial charge in [0.05, 0.1) is 0 Å². The van der Waals surface area contributed by atoms with Crippen LogP contribution in [0.1, 0.15) is 12.8 Å². The summed E-state index contributed by atoms with van der Waals surface area (Å²) in [6.07, 6.45) is 2.22. The number of fused-ring (bicyclic) bond motifs is 2. The van der Waals surface area contributed by atoms with Crippen LogP contribution in [-0.2, 0) is 0 Å². The van der Waals surface area contributed by atoms with Crippen molar-refractivity contribution in [3.05, 3.63) is 0 Å². The van der Waals surface area contributed by atoms with Gasteiger partial charge in [0.25, 0.3) is 0 Å². The second-order valence-corrected chi connectivity index (χ2v) is 6.64. The molecule has 58 valence electrons. The van der Waals surface area contributed by atoms with Gasteiger partial charge in [0, 0.05) is 21.3 Å². The molecule has 1 heterocycles. The van der Waals surface area contributed by atoms with E-state index in [1.807, 2.05) is 21.6 Å². The molecule has 0 unspecified atom stereocenters. The van der Waals surface area contributed by atoms with Crippen LogP contribution in [0, 0.1) is 0 Å². The van der Waals surface area contributed by atoms with Gasteiger partial charge < -0.3 is 0 Å². The van der Waals surface area contributed by atoms with Crippen LogP contribution in [0.15, 0.2) is 0 Å². The van der Waals surface area contributed by atoms with Crippen molar-refractivity contribution in [2.75, 3.05) is 0 Å². The van der Waals surface area contributed by atoms with Crippen molar-refractivity contribution in [1.82, 2.24) is 0 Å². The Morgan fingerprint density at radius 2 is 1.40 bits per heavy atom. The average Bonchev–Trinajstić information content (AvgIpc) is 2.28. The van der Waals surface area contributed by atoms with E-state index in [0.29, 0.717) is 21.3 Å². The van der Waals surface area contributed by atoms with Crippen LogP contribution in [0.3, 0.4) is 0 Å². The molecule has 4 atom stereocenters. The lowest BCUT2D eigenvalue weighted by Gasteiger charge is -2.25. The fourth-order valence-corrected chi connectivity index (χ4v) is 6.32. The predicted molar refractivity (Wildman–Crippen MR) is 51.3 cm³/mol. The smallest absolute Gasteiger partial charge is 0.0478 e. The van der Waals surface area contributed by atoms with Crippen LogP contribution in [0.25, 0.3) is 0 Å². The van der Waals surface area contributed by atoms with Crippen molar-refractivity contribution in [2.45, 2.75) is 34.1 Å². The van der Waals surface area contributed by atoms with E-state index >= 15 is 0 Å². The summed E-state index contributed by atoms with van der Waals surface area (Å²) in [6.45, 7) is 0. The summed E-state index contributed by atoms with van der Waals surface area (Å²) in [5.41, 5.74) is 0. The third kappa shape index (κ3) is 1.28. The standard InChI is InChI=1S/C6H8Cl2S2/c7-3-1-4(8)6-2-5(3)9-10-6/h3-6H,1-2H2/t3-,4+,5-,6+. The van der Waals surface area contributed by atoms with Crippen molar-refractivity contribution in [2.24, 2.45) is 0 Å². The zero-order chi connectivity index (χ0) is 7.14. The average molecular weight is 215 g/mol. The van der Waals surface area contributed by atoms with Gasteiger partial charge in [0.1, 0.15) is 0 Å². The topological polar surface area (TPSA) is 0 Å². The number of hydrogen-bond donors (Lipinski definition) is 0. The Bertz CT molecular complexity index is 128. The molecule has 0 N–H and O–H groups in total. The predicted octanol–water partition coefficient (Wildman–Crippen LogP) is 3.13.